The van der Waals surface area contributed by atoms with Crippen molar-refractivity contribution in [2.75, 3.05) is 18.4 Å². The molecule has 0 aromatic heterocycles. The molecule has 32 heavy (non-hydrogen) atoms. The number of hydrogen-bond donors (Lipinski definition) is 2. The minimum atomic E-state index is -0.555. The Morgan fingerprint density at radius 2 is 1.84 bits per heavy atom. The van der Waals surface area contributed by atoms with Crippen molar-refractivity contribution in [2.45, 2.75) is 51.9 Å². The minimum Gasteiger partial charge on any atom is -0.445 e. The molecule has 2 N–H and O–H groups in total. The van der Waals surface area contributed by atoms with Gasteiger partial charge in [0, 0.05) is 18.8 Å². The van der Waals surface area contributed by atoms with Gasteiger partial charge < -0.3 is 24.7 Å². The average Bonchev–Trinajstić information content (AvgIpc) is 3.31. The van der Waals surface area contributed by atoms with Gasteiger partial charge in [-0.1, -0.05) is 42.5 Å². The average molecular weight is 434 g/mol. The molecule has 168 valence electrons. The highest BCUT2D eigenvalue weighted by Gasteiger charge is 2.52. The van der Waals surface area contributed by atoms with Crippen LogP contribution in [0, 0.1) is 0 Å². The first kappa shape index (κ1) is 22.4. The van der Waals surface area contributed by atoms with Gasteiger partial charge in [-0.25, -0.2) is 4.79 Å². The van der Waals surface area contributed by atoms with E-state index in [0.29, 0.717) is 0 Å². The second-order valence-corrected chi connectivity index (χ2v) is 9.32. The van der Waals surface area contributed by atoms with Gasteiger partial charge in [-0.05, 0) is 68.4 Å². The van der Waals surface area contributed by atoms with E-state index >= 15 is 0 Å². The van der Waals surface area contributed by atoms with Gasteiger partial charge in [0.2, 0.25) is 0 Å². The molecule has 1 amide bonds. The van der Waals surface area contributed by atoms with Gasteiger partial charge in [0.05, 0.1) is 11.2 Å². The van der Waals surface area contributed by atoms with E-state index in [0.717, 1.165) is 29.6 Å². The number of hydrogen-bond acceptors (Lipinski definition) is 5. The zero-order chi connectivity index (χ0) is 22.8. The summed E-state index contributed by atoms with van der Waals surface area (Å²) in [6.07, 6.45) is 2.57. The third-order valence-corrected chi connectivity index (χ3v) is 6.40. The molecule has 2 aliphatic heterocycles. The van der Waals surface area contributed by atoms with Crippen LogP contribution in [0.5, 0.6) is 0 Å². The summed E-state index contributed by atoms with van der Waals surface area (Å²) in [5, 5.41) is 6.24. The van der Waals surface area contributed by atoms with Gasteiger partial charge >= 0.3 is 13.2 Å². The van der Waals surface area contributed by atoms with Crippen LogP contribution in [-0.2, 0) is 27.1 Å². The minimum absolute atomic E-state index is 0.222. The highest BCUT2D eigenvalue weighted by Crippen LogP contribution is 2.39. The largest absolute Gasteiger partial charge is 0.492 e. The van der Waals surface area contributed by atoms with Gasteiger partial charge in [-0.3, -0.25) is 0 Å². The van der Waals surface area contributed by atoms with Crippen LogP contribution in [0.2, 0.25) is 0 Å². The molecular formula is C25H31BN2O4. The quantitative estimate of drug-likeness (QED) is 0.651. The Balaban J connectivity index is 1.48. The van der Waals surface area contributed by atoms with E-state index in [9.17, 15) is 4.79 Å². The van der Waals surface area contributed by atoms with Gasteiger partial charge in [0.25, 0.3) is 0 Å². The highest BCUT2D eigenvalue weighted by atomic mass is 16.7. The van der Waals surface area contributed by atoms with Crippen LogP contribution in [0.15, 0.2) is 54.0 Å². The van der Waals surface area contributed by atoms with E-state index in [1.54, 1.807) is 0 Å². The first-order chi connectivity index (χ1) is 15.2. The standard InChI is InChI=1S/C25H31BN2O4/c1-24(2)25(3,4)32-26(31-24)21(15-19-10-11-22-20(14-19)12-13-27-22)16-28-23(29)30-17-18-8-6-5-7-9-18/h5-11,14-15,27H,12-13,16-17H2,1-4H3,(H,28,29). The van der Waals surface area contributed by atoms with Crippen molar-refractivity contribution in [2.24, 2.45) is 0 Å². The molecule has 2 aliphatic rings. The third-order valence-electron chi connectivity index (χ3n) is 6.40. The molecule has 1 fully saturated rings. The van der Waals surface area contributed by atoms with Crippen molar-refractivity contribution < 1.29 is 18.8 Å². The number of nitrogens with one attached hydrogen (secondary N) is 2. The number of fused-ring (bicyclic) bond motifs is 1. The van der Waals surface area contributed by atoms with Crippen molar-refractivity contribution >= 4 is 25.0 Å². The van der Waals surface area contributed by atoms with E-state index in [4.69, 9.17) is 14.0 Å². The Kier molecular flexibility index (Phi) is 6.31. The molecule has 0 radical (unpaired) electrons. The zero-order valence-electron chi connectivity index (χ0n) is 19.2. The van der Waals surface area contributed by atoms with Gasteiger partial charge in [-0.15, -0.1) is 0 Å². The number of amides is 1. The van der Waals surface area contributed by atoms with E-state index in [1.165, 1.54) is 11.3 Å². The van der Waals surface area contributed by atoms with Crippen molar-refractivity contribution in [1.82, 2.24) is 5.32 Å². The van der Waals surface area contributed by atoms with Crippen LogP contribution in [0.4, 0.5) is 10.5 Å². The fourth-order valence-corrected chi connectivity index (χ4v) is 3.77. The summed E-state index contributed by atoms with van der Waals surface area (Å²) in [4.78, 5) is 12.3. The highest BCUT2D eigenvalue weighted by molar-refractivity contribution is 6.56. The summed E-state index contributed by atoms with van der Waals surface area (Å²) < 4.78 is 17.9. The van der Waals surface area contributed by atoms with Crippen molar-refractivity contribution in [3.63, 3.8) is 0 Å². The zero-order valence-corrected chi connectivity index (χ0v) is 19.2. The number of anilines is 1. The normalized spacial score (nSPS) is 18.8. The van der Waals surface area contributed by atoms with E-state index in [2.05, 4.69) is 28.8 Å². The molecule has 0 bridgehead atoms. The van der Waals surface area contributed by atoms with E-state index in [-0.39, 0.29) is 13.2 Å². The number of benzene rings is 2. The molecule has 2 aromatic carbocycles. The number of carbonyl (C=O) groups is 1. The molecule has 0 saturated carbocycles. The second-order valence-electron chi connectivity index (χ2n) is 9.32. The predicted octanol–water partition coefficient (Wildman–Crippen LogP) is 4.60. The second kappa shape index (κ2) is 9.00. The van der Waals surface area contributed by atoms with Gasteiger partial charge in [0.1, 0.15) is 6.61 Å². The van der Waals surface area contributed by atoms with Crippen LogP contribution in [0.25, 0.3) is 6.08 Å². The maximum atomic E-state index is 12.3. The molecule has 1 saturated heterocycles. The van der Waals surface area contributed by atoms with Crippen LogP contribution in [0.1, 0.15) is 44.4 Å². The molecule has 2 aromatic rings. The lowest BCUT2D eigenvalue weighted by Crippen LogP contribution is -2.41. The van der Waals surface area contributed by atoms with Gasteiger partial charge in [0.15, 0.2) is 0 Å². The monoisotopic (exact) mass is 434 g/mol. The number of rotatable bonds is 6. The summed E-state index contributed by atoms with van der Waals surface area (Å²) in [5.41, 5.74) is 4.38. The summed E-state index contributed by atoms with van der Waals surface area (Å²) in [6.45, 7) is 9.53. The third kappa shape index (κ3) is 5.00. The lowest BCUT2D eigenvalue weighted by Gasteiger charge is -2.32. The maximum Gasteiger partial charge on any atom is 0.492 e. The molecule has 0 spiro atoms. The van der Waals surface area contributed by atoms with Crippen LogP contribution >= 0.6 is 0 Å². The lowest BCUT2D eigenvalue weighted by atomic mass is 9.77. The molecule has 2 heterocycles. The molecule has 4 rings (SSSR count). The first-order valence-electron chi connectivity index (χ1n) is 11.1. The molecule has 0 unspecified atom stereocenters. The Labute approximate surface area is 190 Å². The first-order valence-corrected chi connectivity index (χ1v) is 11.1. The topological polar surface area (TPSA) is 68.8 Å². The van der Waals surface area contributed by atoms with E-state index in [1.807, 2.05) is 64.1 Å². The summed E-state index contributed by atoms with van der Waals surface area (Å²) in [7, 11) is -0.555. The molecule has 0 atom stereocenters. The smallest absolute Gasteiger partial charge is 0.445 e. The number of alkyl carbamates (subject to hydrolysis) is 1. The number of carbonyl (C=O) groups excluding carboxylic acids is 1. The maximum absolute atomic E-state index is 12.3. The molecule has 0 aliphatic carbocycles. The van der Waals surface area contributed by atoms with E-state index < -0.39 is 24.4 Å². The predicted molar refractivity (Wildman–Crippen MR) is 127 cm³/mol. The van der Waals surface area contributed by atoms with Crippen LogP contribution in [0.3, 0.4) is 0 Å². The fourth-order valence-electron chi connectivity index (χ4n) is 3.77. The van der Waals surface area contributed by atoms with Gasteiger partial charge in [-0.2, -0.15) is 0 Å². The Hall–Kier alpha value is -2.77. The van der Waals surface area contributed by atoms with Crippen molar-refractivity contribution in [1.29, 1.82) is 0 Å². The van der Waals surface area contributed by atoms with Crippen LogP contribution in [-0.4, -0.2) is 37.5 Å². The lowest BCUT2D eigenvalue weighted by molar-refractivity contribution is 0.00578. The van der Waals surface area contributed by atoms with Crippen molar-refractivity contribution in [3.8, 4) is 0 Å². The van der Waals surface area contributed by atoms with Crippen molar-refractivity contribution in [3.05, 3.63) is 70.7 Å². The Morgan fingerprint density at radius 3 is 2.56 bits per heavy atom. The number of ether oxygens (including phenoxy) is 1. The van der Waals surface area contributed by atoms with Crippen LogP contribution < -0.4 is 10.6 Å². The molecule has 6 nitrogen and oxygen atoms in total. The summed E-state index contributed by atoms with van der Waals surface area (Å²) >= 11 is 0. The Morgan fingerprint density at radius 1 is 1.12 bits per heavy atom. The summed E-state index contributed by atoms with van der Waals surface area (Å²) in [5.74, 6) is 0. The Bertz CT molecular complexity index is 988. The fraction of sp³-hybridized carbons (Fsp3) is 0.400. The summed E-state index contributed by atoms with van der Waals surface area (Å²) in [6, 6.07) is 15.9. The molecular weight excluding hydrogens is 403 g/mol. The molecule has 7 heteroatoms. The SMILES string of the molecule is CC1(C)OB(C(=Cc2ccc3c(c2)CCN3)CNC(=O)OCc2ccccc2)OC1(C)C.